The van der Waals surface area contributed by atoms with Crippen molar-refractivity contribution < 1.29 is 4.52 Å². The molecule has 2 aromatic rings. The number of nitrogens with two attached hydrogens (primary N) is 1. The van der Waals surface area contributed by atoms with Gasteiger partial charge in [0.15, 0.2) is 0 Å². The minimum absolute atomic E-state index is 0.233. The van der Waals surface area contributed by atoms with E-state index < -0.39 is 0 Å². The SMILES string of the molecule is CC1(CN)CCN(Cc2nc(-c3cccs3)no2)C1. The zero-order chi connectivity index (χ0) is 13.3. The fourth-order valence-corrected chi connectivity index (χ4v) is 3.09. The third-order valence-corrected chi connectivity index (χ3v) is 4.56. The maximum atomic E-state index is 5.82. The van der Waals surface area contributed by atoms with E-state index in [1.807, 2.05) is 17.5 Å². The zero-order valence-electron chi connectivity index (χ0n) is 11.0. The molecular weight excluding hydrogens is 260 g/mol. The average Bonchev–Trinajstić information content (AvgIpc) is 3.11. The number of rotatable bonds is 4. The Morgan fingerprint density at radius 1 is 1.58 bits per heavy atom. The van der Waals surface area contributed by atoms with Crippen LogP contribution in [0.2, 0.25) is 0 Å². The highest BCUT2D eigenvalue weighted by molar-refractivity contribution is 7.13. The smallest absolute Gasteiger partial charge is 0.241 e. The number of nitrogens with zero attached hydrogens (tertiary/aromatic N) is 3. The Balaban J connectivity index is 1.65. The average molecular weight is 278 g/mol. The predicted molar refractivity (Wildman–Crippen MR) is 74.7 cm³/mol. The summed E-state index contributed by atoms with van der Waals surface area (Å²) in [5.41, 5.74) is 6.05. The van der Waals surface area contributed by atoms with E-state index >= 15 is 0 Å². The molecule has 0 amide bonds. The molecule has 3 rings (SSSR count). The van der Waals surface area contributed by atoms with Crippen LogP contribution < -0.4 is 5.73 Å². The lowest BCUT2D eigenvalue weighted by Crippen LogP contribution is -2.31. The van der Waals surface area contributed by atoms with Gasteiger partial charge in [-0.15, -0.1) is 11.3 Å². The van der Waals surface area contributed by atoms with Crippen molar-refractivity contribution in [2.24, 2.45) is 11.1 Å². The van der Waals surface area contributed by atoms with Gasteiger partial charge in [0.2, 0.25) is 11.7 Å². The van der Waals surface area contributed by atoms with Gasteiger partial charge in [-0.25, -0.2) is 0 Å². The van der Waals surface area contributed by atoms with Gasteiger partial charge in [-0.3, -0.25) is 4.90 Å². The van der Waals surface area contributed by atoms with Gasteiger partial charge in [0.05, 0.1) is 11.4 Å². The maximum Gasteiger partial charge on any atom is 0.241 e. The van der Waals surface area contributed by atoms with Crippen molar-refractivity contribution in [3.8, 4) is 10.7 Å². The van der Waals surface area contributed by atoms with Crippen molar-refractivity contribution >= 4 is 11.3 Å². The molecule has 1 aliphatic rings. The zero-order valence-corrected chi connectivity index (χ0v) is 11.8. The van der Waals surface area contributed by atoms with Crippen LogP contribution in [0.5, 0.6) is 0 Å². The van der Waals surface area contributed by atoms with Crippen LogP contribution in [-0.2, 0) is 6.54 Å². The Morgan fingerprint density at radius 3 is 3.16 bits per heavy atom. The van der Waals surface area contributed by atoms with Crippen LogP contribution >= 0.6 is 11.3 Å². The molecule has 1 aliphatic heterocycles. The third kappa shape index (κ3) is 2.70. The van der Waals surface area contributed by atoms with Gasteiger partial charge in [-0.1, -0.05) is 18.1 Å². The summed E-state index contributed by atoms with van der Waals surface area (Å²) < 4.78 is 5.32. The Bertz CT molecular complexity index is 539. The first kappa shape index (κ1) is 12.8. The quantitative estimate of drug-likeness (QED) is 0.926. The molecule has 5 nitrogen and oxygen atoms in total. The number of hydrogen-bond donors (Lipinski definition) is 1. The van der Waals surface area contributed by atoms with Crippen molar-refractivity contribution in [2.75, 3.05) is 19.6 Å². The molecule has 1 fully saturated rings. The predicted octanol–water partition coefficient (Wildman–Crippen LogP) is 1.97. The van der Waals surface area contributed by atoms with E-state index in [1.165, 1.54) is 0 Å². The van der Waals surface area contributed by atoms with Gasteiger partial charge in [0, 0.05) is 6.54 Å². The minimum Gasteiger partial charge on any atom is -0.338 e. The molecule has 102 valence electrons. The highest BCUT2D eigenvalue weighted by Gasteiger charge is 2.33. The van der Waals surface area contributed by atoms with E-state index in [9.17, 15) is 0 Å². The normalized spacial score (nSPS) is 24.1. The Labute approximate surface area is 116 Å². The molecule has 0 radical (unpaired) electrons. The molecule has 1 saturated heterocycles. The topological polar surface area (TPSA) is 68.2 Å². The molecule has 6 heteroatoms. The van der Waals surface area contributed by atoms with E-state index in [2.05, 4.69) is 22.0 Å². The second kappa shape index (κ2) is 5.03. The van der Waals surface area contributed by atoms with Gasteiger partial charge in [0.25, 0.3) is 0 Å². The molecule has 2 aromatic heterocycles. The van der Waals surface area contributed by atoms with E-state index in [0.29, 0.717) is 18.3 Å². The highest BCUT2D eigenvalue weighted by atomic mass is 32.1. The summed E-state index contributed by atoms with van der Waals surface area (Å²) in [4.78, 5) is 7.83. The number of thiophene rings is 1. The van der Waals surface area contributed by atoms with Crippen LogP contribution in [0.4, 0.5) is 0 Å². The molecule has 0 bridgehead atoms. The van der Waals surface area contributed by atoms with E-state index in [0.717, 1.165) is 30.9 Å². The standard InChI is InChI=1S/C13H18N4OS/c1-13(8-14)4-5-17(9-13)7-11-15-12(16-18-11)10-3-2-6-19-10/h2-3,6H,4-5,7-9,14H2,1H3. The summed E-state index contributed by atoms with van der Waals surface area (Å²) in [6.45, 7) is 5.73. The minimum atomic E-state index is 0.233. The molecule has 2 N–H and O–H groups in total. The van der Waals surface area contributed by atoms with E-state index in [1.54, 1.807) is 11.3 Å². The lowest BCUT2D eigenvalue weighted by atomic mass is 9.90. The highest BCUT2D eigenvalue weighted by Crippen LogP contribution is 2.29. The van der Waals surface area contributed by atoms with Crippen LogP contribution in [0.15, 0.2) is 22.0 Å². The summed E-state index contributed by atoms with van der Waals surface area (Å²) in [5, 5.41) is 6.04. The fourth-order valence-electron chi connectivity index (χ4n) is 2.44. The van der Waals surface area contributed by atoms with Crippen molar-refractivity contribution in [3.05, 3.63) is 23.4 Å². The number of likely N-dealkylation sites (tertiary alicyclic amines) is 1. The number of hydrogen-bond acceptors (Lipinski definition) is 6. The first-order chi connectivity index (χ1) is 9.18. The van der Waals surface area contributed by atoms with Gasteiger partial charge < -0.3 is 10.3 Å². The molecular formula is C13H18N4OS. The van der Waals surface area contributed by atoms with Gasteiger partial charge >= 0.3 is 0 Å². The number of aromatic nitrogens is 2. The Kier molecular flexibility index (Phi) is 3.38. The van der Waals surface area contributed by atoms with Crippen molar-refractivity contribution in [3.63, 3.8) is 0 Å². The van der Waals surface area contributed by atoms with Crippen molar-refractivity contribution in [1.82, 2.24) is 15.0 Å². The first-order valence-electron chi connectivity index (χ1n) is 6.47. The lowest BCUT2D eigenvalue weighted by molar-refractivity contribution is 0.239. The maximum absolute atomic E-state index is 5.82. The molecule has 0 spiro atoms. The second-order valence-electron chi connectivity index (χ2n) is 5.46. The summed E-state index contributed by atoms with van der Waals surface area (Å²) in [6.07, 6.45) is 1.13. The second-order valence-corrected chi connectivity index (χ2v) is 6.41. The Hall–Kier alpha value is -1.24. The van der Waals surface area contributed by atoms with Crippen LogP contribution in [0.3, 0.4) is 0 Å². The first-order valence-corrected chi connectivity index (χ1v) is 7.35. The van der Waals surface area contributed by atoms with E-state index in [-0.39, 0.29) is 5.41 Å². The van der Waals surface area contributed by atoms with Gasteiger partial charge in [-0.2, -0.15) is 4.98 Å². The summed E-state index contributed by atoms with van der Waals surface area (Å²) >= 11 is 1.62. The molecule has 19 heavy (non-hydrogen) atoms. The summed E-state index contributed by atoms with van der Waals surface area (Å²) in [5.74, 6) is 1.37. The van der Waals surface area contributed by atoms with Crippen molar-refractivity contribution in [2.45, 2.75) is 19.9 Å². The lowest BCUT2D eigenvalue weighted by Gasteiger charge is -2.21. The van der Waals surface area contributed by atoms with Gasteiger partial charge in [-0.05, 0) is 36.4 Å². The molecule has 1 unspecified atom stereocenters. The van der Waals surface area contributed by atoms with Crippen molar-refractivity contribution in [1.29, 1.82) is 0 Å². The molecule has 1 atom stereocenters. The summed E-state index contributed by atoms with van der Waals surface area (Å²) in [7, 11) is 0. The van der Waals surface area contributed by atoms with Crippen LogP contribution in [0, 0.1) is 5.41 Å². The largest absolute Gasteiger partial charge is 0.338 e. The fraction of sp³-hybridized carbons (Fsp3) is 0.538. The van der Waals surface area contributed by atoms with Crippen LogP contribution in [0.1, 0.15) is 19.2 Å². The van der Waals surface area contributed by atoms with Gasteiger partial charge in [0.1, 0.15) is 0 Å². The molecule has 3 heterocycles. The molecule has 0 saturated carbocycles. The molecule has 0 aliphatic carbocycles. The van der Waals surface area contributed by atoms with Crippen LogP contribution in [0.25, 0.3) is 10.7 Å². The monoisotopic (exact) mass is 278 g/mol. The van der Waals surface area contributed by atoms with Crippen LogP contribution in [-0.4, -0.2) is 34.7 Å². The third-order valence-electron chi connectivity index (χ3n) is 3.70. The Morgan fingerprint density at radius 2 is 2.47 bits per heavy atom. The summed E-state index contributed by atoms with van der Waals surface area (Å²) in [6, 6.07) is 3.99. The molecule has 0 aromatic carbocycles. The van der Waals surface area contributed by atoms with E-state index in [4.69, 9.17) is 10.3 Å².